The van der Waals surface area contributed by atoms with E-state index in [0.29, 0.717) is 12.5 Å². The molecule has 1 aliphatic carbocycles. The number of ether oxygens (including phenoxy) is 1. The van der Waals surface area contributed by atoms with E-state index in [1.807, 2.05) is 6.92 Å². The number of rotatable bonds is 4. The Morgan fingerprint density at radius 3 is 2.75 bits per heavy atom. The van der Waals surface area contributed by atoms with Gasteiger partial charge in [-0.3, -0.25) is 4.79 Å². The first-order valence-corrected chi connectivity index (χ1v) is 6.13. The van der Waals surface area contributed by atoms with Crippen molar-refractivity contribution in [3.05, 3.63) is 0 Å². The number of hydrogen-bond acceptors (Lipinski definition) is 3. The van der Waals surface area contributed by atoms with Crippen LogP contribution in [0.4, 0.5) is 0 Å². The largest absolute Gasteiger partial charge is 0.465 e. The summed E-state index contributed by atoms with van der Waals surface area (Å²) in [6, 6.07) is 2.14. The molecular formula is C13H21NO2. The molecule has 0 amide bonds. The lowest BCUT2D eigenvalue weighted by molar-refractivity contribution is -0.149. The SMILES string of the molecule is CCOC(=O)C(C#N)C1(C)CCC(CC)C1. The Hall–Kier alpha value is -1.04. The van der Waals surface area contributed by atoms with Crippen molar-refractivity contribution in [2.45, 2.75) is 46.5 Å². The number of nitrogens with zero attached hydrogens (tertiary/aromatic N) is 1. The minimum Gasteiger partial charge on any atom is -0.465 e. The van der Waals surface area contributed by atoms with Crippen molar-refractivity contribution >= 4 is 5.97 Å². The van der Waals surface area contributed by atoms with Crippen LogP contribution in [0.15, 0.2) is 0 Å². The Morgan fingerprint density at radius 2 is 2.31 bits per heavy atom. The lowest BCUT2D eigenvalue weighted by Gasteiger charge is -2.27. The van der Waals surface area contributed by atoms with Gasteiger partial charge in [0, 0.05) is 0 Å². The average molecular weight is 223 g/mol. The zero-order valence-electron chi connectivity index (χ0n) is 10.5. The van der Waals surface area contributed by atoms with Crippen LogP contribution in [-0.4, -0.2) is 12.6 Å². The average Bonchev–Trinajstić information content (AvgIpc) is 2.62. The number of carbonyl (C=O) groups excluding carboxylic acids is 1. The molecule has 0 heterocycles. The fourth-order valence-electron chi connectivity index (χ4n) is 2.73. The van der Waals surface area contributed by atoms with Crippen LogP contribution in [0.1, 0.15) is 46.5 Å². The van der Waals surface area contributed by atoms with Crippen LogP contribution in [0.3, 0.4) is 0 Å². The van der Waals surface area contributed by atoms with E-state index >= 15 is 0 Å². The molecule has 0 bridgehead atoms. The Labute approximate surface area is 97.8 Å². The van der Waals surface area contributed by atoms with Gasteiger partial charge in [-0.25, -0.2) is 0 Å². The van der Waals surface area contributed by atoms with Crippen LogP contribution in [0.2, 0.25) is 0 Å². The summed E-state index contributed by atoms with van der Waals surface area (Å²) in [5, 5.41) is 9.16. The molecule has 16 heavy (non-hydrogen) atoms. The zero-order chi connectivity index (χ0) is 12.2. The van der Waals surface area contributed by atoms with Gasteiger partial charge in [0.25, 0.3) is 0 Å². The maximum Gasteiger partial charge on any atom is 0.323 e. The summed E-state index contributed by atoms with van der Waals surface area (Å²) in [4.78, 5) is 11.7. The number of carbonyl (C=O) groups is 1. The van der Waals surface area contributed by atoms with E-state index in [2.05, 4.69) is 13.0 Å². The topological polar surface area (TPSA) is 50.1 Å². The second kappa shape index (κ2) is 5.34. The van der Waals surface area contributed by atoms with E-state index in [0.717, 1.165) is 25.7 Å². The van der Waals surface area contributed by atoms with Gasteiger partial charge in [-0.05, 0) is 37.5 Å². The van der Waals surface area contributed by atoms with Gasteiger partial charge in [-0.2, -0.15) is 5.26 Å². The summed E-state index contributed by atoms with van der Waals surface area (Å²) in [6.07, 6.45) is 4.20. The van der Waals surface area contributed by atoms with Crippen molar-refractivity contribution in [3.63, 3.8) is 0 Å². The van der Waals surface area contributed by atoms with Crippen molar-refractivity contribution in [2.24, 2.45) is 17.3 Å². The Morgan fingerprint density at radius 1 is 1.62 bits per heavy atom. The lowest BCUT2D eigenvalue weighted by atomic mass is 9.75. The molecule has 0 aromatic carbocycles. The van der Waals surface area contributed by atoms with Crippen LogP contribution in [0.5, 0.6) is 0 Å². The smallest absolute Gasteiger partial charge is 0.323 e. The monoisotopic (exact) mass is 223 g/mol. The van der Waals surface area contributed by atoms with Gasteiger partial charge in [0.15, 0.2) is 0 Å². The molecule has 3 atom stereocenters. The van der Waals surface area contributed by atoms with Crippen LogP contribution < -0.4 is 0 Å². The second-order valence-electron chi connectivity index (χ2n) is 4.99. The first-order chi connectivity index (χ1) is 7.57. The molecular weight excluding hydrogens is 202 g/mol. The van der Waals surface area contributed by atoms with Crippen molar-refractivity contribution in [3.8, 4) is 6.07 Å². The van der Waals surface area contributed by atoms with E-state index in [1.165, 1.54) is 0 Å². The first kappa shape index (κ1) is 13.0. The lowest BCUT2D eigenvalue weighted by Crippen LogP contribution is -2.32. The molecule has 0 saturated heterocycles. The molecule has 1 saturated carbocycles. The van der Waals surface area contributed by atoms with Gasteiger partial charge in [-0.15, -0.1) is 0 Å². The van der Waals surface area contributed by atoms with E-state index in [-0.39, 0.29) is 11.4 Å². The highest BCUT2D eigenvalue weighted by molar-refractivity contribution is 5.76. The van der Waals surface area contributed by atoms with E-state index in [9.17, 15) is 4.79 Å². The fraction of sp³-hybridized carbons (Fsp3) is 0.846. The maximum absolute atomic E-state index is 11.7. The Balaban J connectivity index is 2.73. The number of hydrogen-bond donors (Lipinski definition) is 0. The van der Waals surface area contributed by atoms with Crippen LogP contribution in [0.25, 0.3) is 0 Å². The summed E-state index contributed by atoms with van der Waals surface area (Å²) < 4.78 is 4.98. The summed E-state index contributed by atoms with van der Waals surface area (Å²) in [7, 11) is 0. The third-order valence-corrected chi connectivity index (χ3v) is 3.80. The van der Waals surface area contributed by atoms with E-state index in [1.54, 1.807) is 6.92 Å². The van der Waals surface area contributed by atoms with Gasteiger partial charge in [0.1, 0.15) is 5.92 Å². The third kappa shape index (κ3) is 2.55. The molecule has 3 nitrogen and oxygen atoms in total. The van der Waals surface area contributed by atoms with Gasteiger partial charge < -0.3 is 4.74 Å². The summed E-state index contributed by atoms with van der Waals surface area (Å²) in [5.41, 5.74) is -0.179. The van der Waals surface area contributed by atoms with Gasteiger partial charge in [-0.1, -0.05) is 20.3 Å². The molecule has 1 fully saturated rings. The van der Waals surface area contributed by atoms with Gasteiger partial charge in [0.2, 0.25) is 0 Å². The van der Waals surface area contributed by atoms with Crippen molar-refractivity contribution in [1.29, 1.82) is 5.26 Å². The van der Waals surface area contributed by atoms with Crippen molar-refractivity contribution in [2.75, 3.05) is 6.61 Å². The number of esters is 1. The highest BCUT2D eigenvalue weighted by atomic mass is 16.5. The molecule has 0 aromatic heterocycles. The van der Waals surface area contributed by atoms with Gasteiger partial charge in [0.05, 0.1) is 12.7 Å². The Kier molecular flexibility index (Phi) is 4.35. The molecule has 0 aromatic rings. The molecule has 0 radical (unpaired) electrons. The predicted octanol–water partition coefficient (Wildman–Crippen LogP) is 2.91. The minimum atomic E-state index is -0.594. The summed E-state index contributed by atoms with van der Waals surface area (Å²) >= 11 is 0. The van der Waals surface area contributed by atoms with Crippen molar-refractivity contribution in [1.82, 2.24) is 0 Å². The summed E-state index contributed by atoms with van der Waals surface area (Å²) in [6.45, 7) is 6.35. The van der Waals surface area contributed by atoms with Crippen molar-refractivity contribution < 1.29 is 9.53 Å². The van der Waals surface area contributed by atoms with Crippen LogP contribution in [-0.2, 0) is 9.53 Å². The van der Waals surface area contributed by atoms with Crippen LogP contribution >= 0.6 is 0 Å². The predicted molar refractivity (Wildman–Crippen MR) is 61.5 cm³/mol. The molecule has 0 aliphatic heterocycles. The second-order valence-corrected chi connectivity index (χ2v) is 4.99. The molecule has 1 rings (SSSR count). The molecule has 90 valence electrons. The zero-order valence-corrected chi connectivity index (χ0v) is 10.5. The van der Waals surface area contributed by atoms with E-state index < -0.39 is 5.92 Å². The fourth-order valence-corrected chi connectivity index (χ4v) is 2.73. The normalized spacial score (nSPS) is 30.8. The molecule has 1 aliphatic rings. The minimum absolute atomic E-state index is 0.179. The maximum atomic E-state index is 11.7. The molecule has 3 heteroatoms. The van der Waals surface area contributed by atoms with Crippen LogP contribution in [0, 0.1) is 28.6 Å². The standard InChI is InChI=1S/C13H21NO2/c1-4-10-6-7-13(3,8-10)11(9-14)12(15)16-5-2/h10-11H,4-8H2,1-3H3. The quantitative estimate of drug-likeness (QED) is 0.688. The van der Waals surface area contributed by atoms with E-state index in [4.69, 9.17) is 10.00 Å². The molecule has 0 spiro atoms. The number of nitriles is 1. The van der Waals surface area contributed by atoms with Gasteiger partial charge >= 0.3 is 5.97 Å². The third-order valence-electron chi connectivity index (χ3n) is 3.80. The molecule has 3 unspecified atom stereocenters. The Bertz CT molecular complexity index is 295. The first-order valence-electron chi connectivity index (χ1n) is 6.13. The summed E-state index contributed by atoms with van der Waals surface area (Å²) in [5.74, 6) is -0.275. The highest BCUT2D eigenvalue weighted by Gasteiger charge is 2.45. The highest BCUT2D eigenvalue weighted by Crippen LogP contribution is 2.48. The molecule has 0 N–H and O–H groups in total.